The average Bonchev–Trinajstić information content (AvgIpc) is 2.05. The summed E-state index contributed by atoms with van der Waals surface area (Å²) in [7, 11) is 0. The summed E-state index contributed by atoms with van der Waals surface area (Å²) in [6, 6.07) is 0. The number of hydrogen-bond donors (Lipinski definition) is 0. The van der Waals surface area contributed by atoms with Crippen LogP contribution in [0.2, 0.25) is 0 Å². The van der Waals surface area contributed by atoms with Crippen LogP contribution in [0.5, 0.6) is 0 Å². The normalized spacial score (nSPS) is 28.4. The summed E-state index contributed by atoms with van der Waals surface area (Å²) in [6.07, 6.45) is 4.65. The Bertz CT molecular complexity index is 179. The first-order valence-electron chi connectivity index (χ1n) is 5.80. The van der Waals surface area contributed by atoms with Gasteiger partial charge in [0, 0.05) is 0 Å². The van der Waals surface area contributed by atoms with Gasteiger partial charge in [0.15, 0.2) is 0 Å². The highest BCUT2D eigenvalue weighted by molar-refractivity contribution is 4.76. The summed E-state index contributed by atoms with van der Waals surface area (Å²) < 4.78 is 28.5. The molecular weight excluding hydrogens is 198 g/mol. The van der Waals surface area contributed by atoms with Crippen molar-refractivity contribution in [3.63, 3.8) is 0 Å². The summed E-state index contributed by atoms with van der Waals surface area (Å²) in [4.78, 5) is 0. The summed E-state index contributed by atoms with van der Waals surface area (Å²) in [5.41, 5.74) is 0.348. The van der Waals surface area contributed by atoms with Gasteiger partial charge in [-0.2, -0.15) is 8.78 Å². The molecule has 0 heterocycles. The second-order valence-corrected chi connectivity index (χ2v) is 5.80. The molecule has 0 amide bonds. The van der Waals surface area contributed by atoms with Gasteiger partial charge in [0.05, 0.1) is 6.10 Å². The Kier molecular flexibility index (Phi) is 4.50. The van der Waals surface area contributed by atoms with Gasteiger partial charge >= 0.3 is 6.61 Å². The van der Waals surface area contributed by atoms with Crippen LogP contribution in [-0.4, -0.2) is 12.7 Å². The van der Waals surface area contributed by atoms with E-state index in [0.29, 0.717) is 11.3 Å². The number of rotatable bonds is 3. The Morgan fingerprint density at radius 3 is 2.07 bits per heavy atom. The molecule has 1 rings (SSSR count). The van der Waals surface area contributed by atoms with E-state index in [0.717, 1.165) is 25.7 Å². The van der Waals surface area contributed by atoms with E-state index in [-0.39, 0.29) is 6.10 Å². The third kappa shape index (κ3) is 5.45. The second kappa shape index (κ2) is 5.24. The number of hydrogen-bond acceptors (Lipinski definition) is 1. The van der Waals surface area contributed by atoms with Crippen molar-refractivity contribution >= 4 is 0 Å². The first-order chi connectivity index (χ1) is 6.87. The maximum absolute atomic E-state index is 12.0. The van der Waals surface area contributed by atoms with Crippen molar-refractivity contribution in [3.05, 3.63) is 0 Å². The van der Waals surface area contributed by atoms with E-state index in [4.69, 9.17) is 0 Å². The summed E-state index contributed by atoms with van der Waals surface area (Å²) >= 11 is 0. The van der Waals surface area contributed by atoms with Gasteiger partial charge < -0.3 is 4.74 Å². The summed E-state index contributed by atoms with van der Waals surface area (Å²) in [5.74, 6) is 0.697. The molecule has 0 aromatic rings. The van der Waals surface area contributed by atoms with Crippen LogP contribution in [0, 0.1) is 11.3 Å². The van der Waals surface area contributed by atoms with Crippen molar-refractivity contribution in [3.8, 4) is 0 Å². The lowest BCUT2D eigenvalue weighted by Crippen LogP contribution is -2.25. The van der Waals surface area contributed by atoms with Gasteiger partial charge in [-0.3, -0.25) is 0 Å². The van der Waals surface area contributed by atoms with E-state index in [1.165, 1.54) is 6.42 Å². The fraction of sp³-hybridized carbons (Fsp3) is 1.00. The Morgan fingerprint density at radius 2 is 1.67 bits per heavy atom. The molecule has 1 aliphatic carbocycles. The molecule has 90 valence electrons. The van der Waals surface area contributed by atoms with Crippen LogP contribution < -0.4 is 0 Å². The van der Waals surface area contributed by atoms with Gasteiger partial charge in [0.1, 0.15) is 0 Å². The molecular formula is C12H22F2O. The molecule has 1 saturated carbocycles. The van der Waals surface area contributed by atoms with E-state index in [2.05, 4.69) is 25.5 Å². The molecule has 0 N–H and O–H groups in total. The third-order valence-corrected chi connectivity index (χ3v) is 2.99. The highest BCUT2D eigenvalue weighted by Crippen LogP contribution is 2.35. The second-order valence-electron chi connectivity index (χ2n) is 5.80. The predicted molar refractivity (Wildman–Crippen MR) is 56.9 cm³/mol. The van der Waals surface area contributed by atoms with E-state index in [9.17, 15) is 8.78 Å². The Morgan fingerprint density at radius 1 is 1.13 bits per heavy atom. The van der Waals surface area contributed by atoms with Gasteiger partial charge in [0.2, 0.25) is 0 Å². The molecule has 0 saturated heterocycles. The van der Waals surface area contributed by atoms with Crippen LogP contribution in [0.25, 0.3) is 0 Å². The zero-order chi connectivity index (χ0) is 11.5. The van der Waals surface area contributed by atoms with Gasteiger partial charge in [-0.1, -0.05) is 20.8 Å². The maximum atomic E-state index is 12.0. The Hall–Kier alpha value is -0.180. The fourth-order valence-electron chi connectivity index (χ4n) is 2.48. The van der Waals surface area contributed by atoms with Crippen molar-refractivity contribution in [2.24, 2.45) is 11.3 Å². The van der Waals surface area contributed by atoms with Crippen molar-refractivity contribution < 1.29 is 13.5 Å². The maximum Gasteiger partial charge on any atom is 0.345 e. The zero-order valence-electron chi connectivity index (χ0n) is 9.93. The predicted octanol–water partition coefficient (Wildman–Crippen LogP) is 4.22. The highest BCUT2D eigenvalue weighted by Gasteiger charge is 2.26. The summed E-state index contributed by atoms with van der Waals surface area (Å²) in [5, 5.41) is 0. The molecule has 0 radical (unpaired) electrons. The van der Waals surface area contributed by atoms with E-state index >= 15 is 0 Å². The van der Waals surface area contributed by atoms with Crippen LogP contribution in [0.15, 0.2) is 0 Å². The lowest BCUT2D eigenvalue weighted by molar-refractivity contribution is -0.171. The number of halogens is 2. The Labute approximate surface area is 91.2 Å². The van der Waals surface area contributed by atoms with Crippen LogP contribution in [0.4, 0.5) is 8.78 Å². The van der Waals surface area contributed by atoms with E-state index < -0.39 is 6.61 Å². The molecule has 3 heteroatoms. The molecule has 1 fully saturated rings. The monoisotopic (exact) mass is 220 g/mol. The topological polar surface area (TPSA) is 9.23 Å². The van der Waals surface area contributed by atoms with E-state index in [1.807, 2.05) is 0 Å². The minimum atomic E-state index is -2.60. The number of alkyl halides is 2. The van der Waals surface area contributed by atoms with Crippen molar-refractivity contribution in [1.29, 1.82) is 0 Å². The van der Waals surface area contributed by atoms with Crippen molar-refractivity contribution in [2.75, 3.05) is 0 Å². The van der Waals surface area contributed by atoms with Gasteiger partial charge in [-0.25, -0.2) is 0 Å². The molecule has 1 nitrogen and oxygen atoms in total. The first-order valence-corrected chi connectivity index (χ1v) is 5.80. The molecule has 15 heavy (non-hydrogen) atoms. The van der Waals surface area contributed by atoms with Crippen LogP contribution in [0.3, 0.4) is 0 Å². The van der Waals surface area contributed by atoms with E-state index in [1.54, 1.807) is 0 Å². The Balaban J connectivity index is 2.24. The lowest BCUT2D eigenvalue weighted by atomic mass is 9.77. The van der Waals surface area contributed by atoms with Gasteiger partial charge in [-0.05, 0) is 43.4 Å². The van der Waals surface area contributed by atoms with Gasteiger partial charge in [0.25, 0.3) is 0 Å². The van der Waals surface area contributed by atoms with Crippen LogP contribution >= 0.6 is 0 Å². The molecule has 0 aromatic carbocycles. The van der Waals surface area contributed by atoms with Crippen molar-refractivity contribution in [1.82, 2.24) is 0 Å². The van der Waals surface area contributed by atoms with Gasteiger partial charge in [-0.15, -0.1) is 0 Å². The SMILES string of the molecule is CC(C)(C)C[C@H]1CC[C@H](OC(F)F)CC1. The molecule has 0 bridgehead atoms. The summed E-state index contributed by atoms with van der Waals surface area (Å²) in [6.45, 7) is 4.09. The minimum Gasteiger partial charge on any atom is -0.320 e. The molecule has 0 aromatic heterocycles. The molecule has 0 atom stereocenters. The zero-order valence-corrected chi connectivity index (χ0v) is 9.93. The molecule has 1 aliphatic rings. The largest absolute Gasteiger partial charge is 0.345 e. The standard InChI is InChI=1S/C12H22F2O/c1-12(2,3)8-9-4-6-10(7-5-9)15-11(13)14/h9-11H,4-8H2,1-3H3/t9-,10-. The van der Waals surface area contributed by atoms with Crippen molar-refractivity contribution in [2.45, 2.75) is 65.6 Å². The molecule has 0 unspecified atom stereocenters. The number of ether oxygens (including phenoxy) is 1. The minimum absolute atomic E-state index is 0.207. The molecule has 0 spiro atoms. The van der Waals surface area contributed by atoms with Crippen LogP contribution in [-0.2, 0) is 4.74 Å². The first kappa shape index (κ1) is 12.9. The van der Waals surface area contributed by atoms with Crippen LogP contribution in [0.1, 0.15) is 52.9 Å². The third-order valence-electron chi connectivity index (χ3n) is 2.99. The molecule has 0 aliphatic heterocycles. The smallest absolute Gasteiger partial charge is 0.320 e. The average molecular weight is 220 g/mol. The lowest BCUT2D eigenvalue weighted by Gasteiger charge is -2.32. The highest BCUT2D eigenvalue weighted by atomic mass is 19.3. The quantitative estimate of drug-likeness (QED) is 0.692. The fourth-order valence-corrected chi connectivity index (χ4v) is 2.48.